The van der Waals surface area contributed by atoms with E-state index in [0.717, 1.165) is 35.5 Å². The third-order valence-electron chi connectivity index (χ3n) is 4.22. The Kier molecular flexibility index (Phi) is 2.83. The van der Waals surface area contributed by atoms with Crippen LogP contribution in [0.25, 0.3) is 4.85 Å². The van der Waals surface area contributed by atoms with Gasteiger partial charge in [0.25, 0.3) is 6.04 Å². The Morgan fingerprint density at radius 2 is 2.05 bits per heavy atom. The lowest BCUT2D eigenvalue weighted by Crippen LogP contribution is -2.30. The van der Waals surface area contributed by atoms with Crippen molar-refractivity contribution in [3.63, 3.8) is 0 Å². The molecule has 2 aliphatic rings. The van der Waals surface area contributed by atoms with Crippen molar-refractivity contribution in [2.75, 3.05) is 0 Å². The fourth-order valence-corrected chi connectivity index (χ4v) is 3.31. The quantitative estimate of drug-likeness (QED) is 0.837. The third kappa shape index (κ3) is 1.97. The standard InChI is InChI=1S/C16H13ClN4/c1-18-15-13(10-4-2-3-5-12(10)17)11-8-19-21-16(11)20-14(15)9-6-7-9/h2-5,8-9,13,15H,6-7H2,(H,19,21). The number of fused-ring (bicyclic) bond motifs is 1. The molecule has 1 fully saturated rings. The van der Waals surface area contributed by atoms with E-state index in [1.54, 1.807) is 6.20 Å². The Bertz CT molecular complexity index is 767. The molecule has 1 saturated carbocycles. The summed E-state index contributed by atoms with van der Waals surface area (Å²) in [6, 6.07) is 7.47. The monoisotopic (exact) mass is 296 g/mol. The lowest BCUT2D eigenvalue weighted by atomic mass is 9.81. The molecule has 1 aromatic carbocycles. The molecule has 2 unspecified atom stereocenters. The Labute approximate surface area is 127 Å². The molecule has 0 saturated heterocycles. The van der Waals surface area contributed by atoms with Gasteiger partial charge >= 0.3 is 0 Å². The van der Waals surface area contributed by atoms with Crippen molar-refractivity contribution in [1.29, 1.82) is 0 Å². The zero-order chi connectivity index (χ0) is 14.4. The van der Waals surface area contributed by atoms with Gasteiger partial charge in [0.2, 0.25) is 0 Å². The minimum atomic E-state index is -0.275. The maximum Gasteiger partial charge on any atom is 0.272 e. The van der Waals surface area contributed by atoms with Gasteiger partial charge in [-0.2, -0.15) is 5.10 Å². The third-order valence-corrected chi connectivity index (χ3v) is 4.56. The zero-order valence-corrected chi connectivity index (χ0v) is 12.0. The predicted octanol–water partition coefficient (Wildman–Crippen LogP) is 3.98. The highest BCUT2D eigenvalue weighted by Gasteiger charge is 2.46. The number of halogens is 1. The molecular formula is C16H13ClN4. The second kappa shape index (κ2) is 4.71. The van der Waals surface area contributed by atoms with Gasteiger partial charge in [-0.05, 0) is 24.5 Å². The van der Waals surface area contributed by atoms with Crippen LogP contribution in [0.4, 0.5) is 5.82 Å². The van der Waals surface area contributed by atoms with E-state index in [9.17, 15) is 0 Å². The molecule has 0 radical (unpaired) electrons. The van der Waals surface area contributed by atoms with Crippen LogP contribution < -0.4 is 0 Å². The fraction of sp³-hybridized carbons (Fsp3) is 0.312. The molecule has 104 valence electrons. The second-order valence-corrected chi connectivity index (χ2v) is 5.97. The Hall–Kier alpha value is -2.12. The summed E-state index contributed by atoms with van der Waals surface area (Å²) in [6.45, 7) is 7.66. The van der Waals surface area contributed by atoms with E-state index in [1.165, 1.54) is 0 Å². The van der Waals surface area contributed by atoms with Crippen LogP contribution in [0.15, 0.2) is 35.5 Å². The van der Waals surface area contributed by atoms with Crippen LogP contribution in [0.5, 0.6) is 0 Å². The van der Waals surface area contributed by atoms with Crippen molar-refractivity contribution in [1.82, 2.24) is 10.2 Å². The first-order valence-corrected chi connectivity index (χ1v) is 7.40. The molecule has 4 rings (SSSR count). The van der Waals surface area contributed by atoms with Gasteiger partial charge in [-0.15, -0.1) is 0 Å². The van der Waals surface area contributed by atoms with E-state index in [-0.39, 0.29) is 12.0 Å². The van der Waals surface area contributed by atoms with E-state index >= 15 is 0 Å². The normalized spacial score (nSPS) is 24.1. The molecule has 0 bridgehead atoms. The van der Waals surface area contributed by atoms with Crippen molar-refractivity contribution in [3.8, 4) is 0 Å². The average Bonchev–Trinajstić information content (AvgIpc) is 3.24. The predicted molar refractivity (Wildman–Crippen MR) is 82.1 cm³/mol. The molecule has 1 aliphatic carbocycles. The van der Waals surface area contributed by atoms with Crippen LogP contribution in [0.2, 0.25) is 5.02 Å². The van der Waals surface area contributed by atoms with E-state index in [4.69, 9.17) is 18.2 Å². The van der Waals surface area contributed by atoms with E-state index in [2.05, 4.69) is 20.0 Å². The summed E-state index contributed by atoms with van der Waals surface area (Å²) >= 11 is 6.38. The first-order chi connectivity index (χ1) is 10.3. The Morgan fingerprint density at radius 3 is 2.76 bits per heavy atom. The van der Waals surface area contributed by atoms with Crippen LogP contribution in [0.3, 0.4) is 0 Å². The van der Waals surface area contributed by atoms with Gasteiger partial charge in [0.15, 0.2) is 5.82 Å². The minimum Gasteiger partial charge on any atom is -0.306 e. The highest BCUT2D eigenvalue weighted by molar-refractivity contribution is 6.31. The zero-order valence-electron chi connectivity index (χ0n) is 11.3. The number of hydrogen-bond donors (Lipinski definition) is 1. The summed E-state index contributed by atoms with van der Waals surface area (Å²) in [5.41, 5.74) is 2.94. The highest BCUT2D eigenvalue weighted by atomic mass is 35.5. The molecule has 2 aromatic rings. The smallest absolute Gasteiger partial charge is 0.272 e. The van der Waals surface area contributed by atoms with Gasteiger partial charge in [-0.1, -0.05) is 29.8 Å². The number of rotatable bonds is 2. The number of benzene rings is 1. The number of nitrogens with zero attached hydrogens (tertiary/aromatic N) is 3. The minimum absolute atomic E-state index is 0.0851. The molecule has 4 nitrogen and oxygen atoms in total. The Balaban J connectivity index is 1.91. The molecule has 5 heteroatoms. The van der Waals surface area contributed by atoms with Crippen molar-refractivity contribution in [3.05, 3.63) is 58.0 Å². The number of hydrogen-bond acceptors (Lipinski definition) is 2. The fourth-order valence-electron chi connectivity index (χ4n) is 3.06. The number of H-pyrrole nitrogens is 1. The van der Waals surface area contributed by atoms with Crippen LogP contribution in [0.1, 0.15) is 29.9 Å². The maximum absolute atomic E-state index is 7.66. The Morgan fingerprint density at radius 1 is 1.24 bits per heavy atom. The number of aromatic nitrogens is 2. The molecule has 1 N–H and O–H groups in total. The van der Waals surface area contributed by atoms with E-state index in [0.29, 0.717) is 10.9 Å². The lowest BCUT2D eigenvalue weighted by Gasteiger charge is -2.24. The van der Waals surface area contributed by atoms with E-state index in [1.807, 2.05) is 24.3 Å². The molecule has 21 heavy (non-hydrogen) atoms. The first-order valence-electron chi connectivity index (χ1n) is 7.02. The maximum atomic E-state index is 7.66. The molecule has 1 aliphatic heterocycles. The van der Waals surface area contributed by atoms with Crippen molar-refractivity contribution < 1.29 is 0 Å². The number of aliphatic imine (C=N–C) groups is 1. The summed E-state index contributed by atoms with van der Waals surface area (Å²) < 4.78 is 0. The van der Waals surface area contributed by atoms with Crippen LogP contribution in [-0.2, 0) is 0 Å². The van der Waals surface area contributed by atoms with Crippen LogP contribution in [-0.4, -0.2) is 22.0 Å². The summed E-state index contributed by atoms with van der Waals surface area (Å²) in [5, 5.41) is 7.76. The molecule has 0 amide bonds. The highest BCUT2D eigenvalue weighted by Crippen LogP contribution is 2.46. The van der Waals surface area contributed by atoms with Gasteiger partial charge in [0.1, 0.15) is 5.71 Å². The number of nitrogens with one attached hydrogen (secondary N) is 1. The first kappa shape index (κ1) is 12.6. The van der Waals surface area contributed by atoms with Gasteiger partial charge in [-0.25, -0.2) is 11.6 Å². The lowest BCUT2D eigenvalue weighted by molar-refractivity contribution is 0.773. The van der Waals surface area contributed by atoms with Crippen molar-refractivity contribution in [2.45, 2.75) is 24.8 Å². The summed E-state index contributed by atoms with van der Waals surface area (Å²) in [5.74, 6) is 1.14. The van der Waals surface area contributed by atoms with Crippen molar-refractivity contribution in [2.24, 2.45) is 10.9 Å². The SMILES string of the molecule is [C-]#[N+]C1C(C2CC2)=Nc2[nH]ncc2C1c1ccccc1Cl. The summed E-state index contributed by atoms with van der Waals surface area (Å²) in [7, 11) is 0. The van der Waals surface area contributed by atoms with E-state index < -0.39 is 0 Å². The molecular weight excluding hydrogens is 284 g/mol. The molecule has 1 aromatic heterocycles. The molecule has 2 heterocycles. The van der Waals surface area contributed by atoms with Crippen LogP contribution >= 0.6 is 11.6 Å². The second-order valence-electron chi connectivity index (χ2n) is 5.56. The number of aromatic amines is 1. The van der Waals surface area contributed by atoms with Crippen LogP contribution in [0, 0.1) is 12.5 Å². The average molecular weight is 297 g/mol. The summed E-state index contributed by atoms with van der Waals surface area (Å²) in [6.07, 6.45) is 4.03. The topological polar surface area (TPSA) is 45.4 Å². The van der Waals surface area contributed by atoms with Crippen molar-refractivity contribution >= 4 is 23.1 Å². The summed E-state index contributed by atoms with van der Waals surface area (Å²) in [4.78, 5) is 8.55. The van der Waals surface area contributed by atoms with Gasteiger partial charge in [-0.3, -0.25) is 5.10 Å². The van der Waals surface area contributed by atoms with Gasteiger partial charge < -0.3 is 4.85 Å². The molecule has 2 atom stereocenters. The molecule has 0 spiro atoms. The van der Waals surface area contributed by atoms with Gasteiger partial charge in [0, 0.05) is 16.5 Å². The largest absolute Gasteiger partial charge is 0.306 e. The van der Waals surface area contributed by atoms with Gasteiger partial charge in [0.05, 0.1) is 12.1 Å².